The van der Waals surface area contributed by atoms with Gasteiger partial charge >= 0.3 is 5.97 Å². The van der Waals surface area contributed by atoms with Gasteiger partial charge in [-0.1, -0.05) is 12.1 Å². The van der Waals surface area contributed by atoms with E-state index < -0.39 is 5.97 Å². The van der Waals surface area contributed by atoms with E-state index in [-0.39, 0.29) is 11.7 Å². The van der Waals surface area contributed by atoms with Crippen LogP contribution in [0.2, 0.25) is 0 Å². The van der Waals surface area contributed by atoms with Crippen LogP contribution in [0.5, 0.6) is 17.2 Å². The first-order valence-corrected chi connectivity index (χ1v) is 10.8. The number of hydrogen-bond acceptors (Lipinski definition) is 6. The third-order valence-electron chi connectivity index (χ3n) is 4.29. The molecule has 7 nitrogen and oxygen atoms in total. The zero-order valence-electron chi connectivity index (χ0n) is 17.5. The van der Waals surface area contributed by atoms with E-state index in [2.05, 4.69) is 33.1 Å². The summed E-state index contributed by atoms with van der Waals surface area (Å²) in [6.45, 7) is 2.22. The molecule has 0 aliphatic carbocycles. The highest BCUT2D eigenvalue weighted by atomic mass is 127. The van der Waals surface area contributed by atoms with Gasteiger partial charge in [-0.25, -0.2) is 10.2 Å². The number of carbonyl (C=O) groups is 2. The molecule has 0 heterocycles. The summed E-state index contributed by atoms with van der Waals surface area (Å²) in [6, 6.07) is 18.9. The van der Waals surface area contributed by atoms with Gasteiger partial charge in [-0.3, -0.25) is 4.79 Å². The molecule has 0 aromatic heterocycles. The molecular formula is C24H21IN2O5. The summed E-state index contributed by atoms with van der Waals surface area (Å²) in [7, 11) is 1.56. The van der Waals surface area contributed by atoms with E-state index in [4.69, 9.17) is 14.2 Å². The molecule has 0 fully saturated rings. The number of nitrogens with zero attached hydrogens (tertiary/aromatic N) is 1. The quantitative estimate of drug-likeness (QED) is 0.146. The summed E-state index contributed by atoms with van der Waals surface area (Å²) >= 11 is 2.10. The Bertz CT molecular complexity index is 1130. The number of ether oxygens (including phenoxy) is 3. The number of hydrazone groups is 1. The van der Waals surface area contributed by atoms with Crippen molar-refractivity contribution in [1.29, 1.82) is 0 Å². The average Bonchev–Trinajstić information content (AvgIpc) is 2.81. The van der Waals surface area contributed by atoms with Crippen LogP contribution in [0.15, 0.2) is 71.8 Å². The lowest BCUT2D eigenvalue weighted by Gasteiger charge is -2.11. The smallest absolute Gasteiger partial charge is 0.343 e. The van der Waals surface area contributed by atoms with Crippen molar-refractivity contribution in [3.05, 3.63) is 87.0 Å². The first-order chi connectivity index (χ1) is 15.5. The second-order valence-electron chi connectivity index (χ2n) is 6.44. The van der Waals surface area contributed by atoms with Gasteiger partial charge in [-0.05, 0) is 89.7 Å². The van der Waals surface area contributed by atoms with Crippen LogP contribution in [0.3, 0.4) is 0 Å². The molecule has 3 aromatic rings. The highest BCUT2D eigenvalue weighted by Gasteiger charge is 2.14. The number of methoxy groups -OCH3 is 1. The second kappa shape index (κ2) is 11.3. The van der Waals surface area contributed by atoms with Gasteiger partial charge in [0.05, 0.1) is 31.1 Å². The summed E-state index contributed by atoms with van der Waals surface area (Å²) in [5, 5.41) is 4.01. The number of nitrogens with one attached hydrogen (secondary N) is 1. The van der Waals surface area contributed by atoms with Crippen LogP contribution in [0.25, 0.3) is 0 Å². The molecule has 0 radical (unpaired) electrons. The first kappa shape index (κ1) is 23.3. The van der Waals surface area contributed by atoms with Crippen molar-refractivity contribution in [1.82, 2.24) is 5.43 Å². The van der Waals surface area contributed by atoms with E-state index in [1.165, 1.54) is 6.21 Å². The summed E-state index contributed by atoms with van der Waals surface area (Å²) in [5.41, 5.74) is 4.10. The lowest BCUT2D eigenvalue weighted by atomic mass is 10.2. The predicted molar refractivity (Wildman–Crippen MR) is 130 cm³/mol. The Hall–Kier alpha value is -3.40. The molecule has 0 aliphatic rings. The Morgan fingerprint density at radius 1 is 1.03 bits per heavy atom. The number of benzene rings is 3. The van der Waals surface area contributed by atoms with Crippen molar-refractivity contribution >= 4 is 40.7 Å². The number of esters is 1. The Kier molecular flexibility index (Phi) is 8.20. The monoisotopic (exact) mass is 544 g/mol. The third-order valence-corrected chi connectivity index (χ3v) is 5.23. The molecule has 3 rings (SSSR count). The highest BCUT2D eigenvalue weighted by molar-refractivity contribution is 14.1. The second-order valence-corrected chi connectivity index (χ2v) is 7.60. The van der Waals surface area contributed by atoms with Gasteiger partial charge in [0.15, 0.2) is 11.5 Å². The molecule has 1 amide bonds. The van der Waals surface area contributed by atoms with E-state index >= 15 is 0 Å². The zero-order chi connectivity index (χ0) is 22.9. The van der Waals surface area contributed by atoms with Crippen molar-refractivity contribution in [2.75, 3.05) is 13.7 Å². The lowest BCUT2D eigenvalue weighted by molar-refractivity contribution is 0.0728. The number of hydrogen-bond donors (Lipinski definition) is 1. The molecule has 0 spiro atoms. The maximum atomic E-state index is 12.5. The zero-order valence-corrected chi connectivity index (χ0v) is 19.7. The SMILES string of the molecule is CCOc1cc(/C=N\NC(=O)c2ccccc2I)ccc1OC(=O)c1ccc(OC)cc1. The van der Waals surface area contributed by atoms with Crippen LogP contribution < -0.4 is 19.6 Å². The van der Waals surface area contributed by atoms with Crippen LogP contribution in [0, 0.1) is 3.57 Å². The fourth-order valence-electron chi connectivity index (χ4n) is 2.71. The molecule has 164 valence electrons. The molecular weight excluding hydrogens is 523 g/mol. The minimum Gasteiger partial charge on any atom is -0.497 e. The van der Waals surface area contributed by atoms with Crippen LogP contribution in [-0.2, 0) is 0 Å². The van der Waals surface area contributed by atoms with Gasteiger partial charge in [-0.15, -0.1) is 0 Å². The van der Waals surface area contributed by atoms with Gasteiger partial charge in [0.25, 0.3) is 5.91 Å². The molecule has 32 heavy (non-hydrogen) atoms. The largest absolute Gasteiger partial charge is 0.497 e. The molecule has 0 aliphatic heterocycles. The molecule has 0 bridgehead atoms. The minimum atomic E-state index is -0.514. The number of amides is 1. The Labute approximate surface area is 199 Å². The van der Waals surface area contributed by atoms with E-state index in [0.717, 1.165) is 3.57 Å². The third kappa shape index (κ3) is 6.07. The molecule has 1 N–H and O–H groups in total. The molecule has 0 saturated heterocycles. The number of halogens is 1. The highest BCUT2D eigenvalue weighted by Crippen LogP contribution is 2.29. The predicted octanol–water partition coefficient (Wildman–Crippen LogP) is 4.68. The van der Waals surface area contributed by atoms with Crippen LogP contribution in [0.4, 0.5) is 0 Å². The maximum absolute atomic E-state index is 12.5. The van der Waals surface area contributed by atoms with E-state index in [0.29, 0.717) is 34.8 Å². The van der Waals surface area contributed by atoms with Crippen molar-refractivity contribution in [2.45, 2.75) is 6.92 Å². The van der Waals surface area contributed by atoms with Gasteiger partial charge in [0.2, 0.25) is 0 Å². The summed E-state index contributed by atoms with van der Waals surface area (Å²) in [4.78, 5) is 24.7. The Balaban J connectivity index is 1.70. The van der Waals surface area contributed by atoms with Crippen LogP contribution >= 0.6 is 22.6 Å². The Morgan fingerprint density at radius 3 is 2.47 bits per heavy atom. The van der Waals surface area contributed by atoms with Gasteiger partial charge in [-0.2, -0.15) is 5.10 Å². The standard InChI is InChI=1S/C24H21IN2O5/c1-3-31-22-14-16(15-26-27-23(28)19-6-4-5-7-20(19)25)8-13-21(22)32-24(29)17-9-11-18(30-2)12-10-17/h4-15H,3H2,1-2H3,(H,27,28)/b26-15-. The van der Waals surface area contributed by atoms with E-state index in [1.54, 1.807) is 61.7 Å². The number of rotatable bonds is 8. The van der Waals surface area contributed by atoms with Crippen molar-refractivity contribution in [3.8, 4) is 17.2 Å². The molecule has 0 saturated carbocycles. The average molecular weight is 544 g/mol. The fourth-order valence-corrected chi connectivity index (χ4v) is 3.35. The normalized spacial score (nSPS) is 10.6. The first-order valence-electron chi connectivity index (χ1n) is 9.72. The van der Waals surface area contributed by atoms with Gasteiger partial charge in [0.1, 0.15) is 5.75 Å². The van der Waals surface area contributed by atoms with E-state index in [9.17, 15) is 9.59 Å². The molecule has 0 unspecified atom stereocenters. The van der Waals surface area contributed by atoms with E-state index in [1.807, 2.05) is 19.1 Å². The maximum Gasteiger partial charge on any atom is 0.343 e. The van der Waals surface area contributed by atoms with Crippen LogP contribution in [-0.4, -0.2) is 31.8 Å². The van der Waals surface area contributed by atoms with Crippen LogP contribution in [0.1, 0.15) is 33.2 Å². The number of carbonyl (C=O) groups excluding carboxylic acids is 2. The van der Waals surface area contributed by atoms with Crippen molar-refractivity contribution < 1.29 is 23.8 Å². The van der Waals surface area contributed by atoms with Crippen molar-refractivity contribution in [2.24, 2.45) is 5.10 Å². The topological polar surface area (TPSA) is 86.2 Å². The lowest BCUT2D eigenvalue weighted by Crippen LogP contribution is -2.18. The van der Waals surface area contributed by atoms with Gasteiger partial charge < -0.3 is 14.2 Å². The molecule has 3 aromatic carbocycles. The Morgan fingerprint density at radius 2 is 1.78 bits per heavy atom. The summed E-state index contributed by atoms with van der Waals surface area (Å²) in [6.07, 6.45) is 1.49. The van der Waals surface area contributed by atoms with Crippen molar-refractivity contribution in [3.63, 3.8) is 0 Å². The fraction of sp³-hybridized carbons (Fsp3) is 0.125. The van der Waals surface area contributed by atoms with Gasteiger partial charge in [0, 0.05) is 3.57 Å². The minimum absolute atomic E-state index is 0.285. The summed E-state index contributed by atoms with van der Waals surface area (Å²) < 4.78 is 17.1. The molecule has 0 atom stereocenters. The molecule has 8 heteroatoms. The summed E-state index contributed by atoms with van der Waals surface area (Å²) in [5.74, 6) is 0.505.